The molecule has 1 aliphatic carbocycles. The smallest absolute Gasteiger partial charge is 0.221 e. The predicted molar refractivity (Wildman–Crippen MR) is 85.3 cm³/mol. The number of carbonyl (C=O) groups excluding carboxylic acids is 1. The van der Waals surface area contributed by atoms with Crippen molar-refractivity contribution in [3.8, 4) is 0 Å². The maximum Gasteiger partial charge on any atom is 0.221 e. The molecule has 118 valence electrons. The quantitative estimate of drug-likeness (QED) is 0.831. The van der Waals surface area contributed by atoms with Crippen LogP contribution in [0.4, 0.5) is 0 Å². The van der Waals surface area contributed by atoms with Crippen molar-refractivity contribution < 1.29 is 4.79 Å². The second-order valence-corrected chi connectivity index (χ2v) is 8.18. The Morgan fingerprint density at radius 1 is 1.30 bits per heavy atom. The average molecular weight is 282 g/mol. The molecule has 3 heteroatoms. The molecule has 0 spiro atoms. The molecule has 0 aromatic heterocycles. The molecule has 0 aromatic carbocycles. The van der Waals surface area contributed by atoms with Crippen LogP contribution in [0.2, 0.25) is 0 Å². The first kappa shape index (κ1) is 17.5. The molecule has 1 aliphatic rings. The fraction of sp³-hybridized carbons (Fsp3) is 0.941. The van der Waals surface area contributed by atoms with E-state index in [4.69, 9.17) is 5.73 Å². The van der Waals surface area contributed by atoms with Crippen LogP contribution in [0.3, 0.4) is 0 Å². The summed E-state index contributed by atoms with van der Waals surface area (Å²) in [7, 11) is 0. The average Bonchev–Trinajstić information content (AvgIpc) is 2.26. The maximum atomic E-state index is 12.3. The minimum absolute atomic E-state index is 0.0192. The van der Waals surface area contributed by atoms with Crippen molar-refractivity contribution in [2.75, 3.05) is 0 Å². The monoisotopic (exact) mass is 282 g/mol. The van der Waals surface area contributed by atoms with E-state index in [1.807, 2.05) is 0 Å². The van der Waals surface area contributed by atoms with Crippen LogP contribution in [0.5, 0.6) is 0 Å². The Kier molecular flexibility index (Phi) is 6.06. The molecule has 1 amide bonds. The van der Waals surface area contributed by atoms with Crippen LogP contribution in [0.25, 0.3) is 0 Å². The van der Waals surface area contributed by atoms with Crippen LogP contribution < -0.4 is 11.1 Å². The third-order valence-electron chi connectivity index (χ3n) is 4.89. The van der Waals surface area contributed by atoms with E-state index in [0.717, 1.165) is 6.42 Å². The summed E-state index contributed by atoms with van der Waals surface area (Å²) in [6.45, 7) is 13.1. The molecule has 4 unspecified atom stereocenters. The van der Waals surface area contributed by atoms with Gasteiger partial charge >= 0.3 is 0 Å². The molecule has 0 aliphatic heterocycles. The van der Waals surface area contributed by atoms with Crippen LogP contribution in [-0.2, 0) is 4.79 Å². The molecule has 1 saturated carbocycles. The second kappa shape index (κ2) is 6.93. The summed E-state index contributed by atoms with van der Waals surface area (Å²) in [5, 5.41) is 3.26. The number of hydrogen-bond acceptors (Lipinski definition) is 2. The Hall–Kier alpha value is -0.570. The zero-order chi connectivity index (χ0) is 15.5. The van der Waals surface area contributed by atoms with Crippen LogP contribution in [-0.4, -0.2) is 18.0 Å². The van der Waals surface area contributed by atoms with Gasteiger partial charge in [0.2, 0.25) is 5.91 Å². The van der Waals surface area contributed by atoms with Gasteiger partial charge in [-0.05, 0) is 36.0 Å². The first-order valence-corrected chi connectivity index (χ1v) is 8.16. The van der Waals surface area contributed by atoms with Gasteiger partial charge in [0.1, 0.15) is 0 Å². The lowest BCUT2D eigenvalue weighted by molar-refractivity contribution is -0.123. The Balaban J connectivity index is 2.57. The van der Waals surface area contributed by atoms with E-state index in [1.54, 1.807) is 0 Å². The van der Waals surface area contributed by atoms with Gasteiger partial charge in [0.15, 0.2) is 0 Å². The Bertz CT molecular complexity index is 319. The van der Waals surface area contributed by atoms with Crippen LogP contribution in [0, 0.1) is 23.2 Å². The van der Waals surface area contributed by atoms with Gasteiger partial charge in [0.05, 0.1) is 0 Å². The number of hydrogen-bond donors (Lipinski definition) is 2. The number of rotatable bonds is 4. The summed E-state index contributed by atoms with van der Waals surface area (Å²) < 4.78 is 0. The van der Waals surface area contributed by atoms with Crippen molar-refractivity contribution in [2.24, 2.45) is 28.9 Å². The lowest BCUT2D eigenvalue weighted by Crippen LogP contribution is -2.48. The fourth-order valence-electron chi connectivity index (χ4n) is 3.14. The summed E-state index contributed by atoms with van der Waals surface area (Å²) >= 11 is 0. The maximum absolute atomic E-state index is 12.3. The first-order chi connectivity index (χ1) is 9.11. The van der Waals surface area contributed by atoms with Gasteiger partial charge in [0, 0.05) is 18.5 Å². The van der Waals surface area contributed by atoms with E-state index in [0.29, 0.717) is 30.2 Å². The molecule has 20 heavy (non-hydrogen) atoms. The van der Waals surface area contributed by atoms with E-state index < -0.39 is 0 Å². The lowest BCUT2D eigenvalue weighted by Gasteiger charge is -2.38. The molecule has 3 N–H and O–H groups in total. The summed E-state index contributed by atoms with van der Waals surface area (Å²) in [5.74, 6) is 2.08. The molecule has 1 rings (SSSR count). The number of nitrogens with one attached hydrogen (secondary N) is 1. The SMILES string of the molecule is CC1CCC(C(C)C)C(NC(=O)CC(N)C(C)(C)C)C1. The van der Waals surface area contributed by atoms with Crippen molar-refractivity contribution >= 4 is 5.91 Å². The van der Waals surface area contributed by atoms with E-state index in [9.17, 15) is 4.79 Å². The van der Waals surface area contributed by atoms with Gasteiger partial charge in [-0.3, -0.25) is 4.79 Å². The van der Waals surface area contributed by atoms with E-state index in [1.165, 1.54) is 12.8 Å². The van der Waals surface area contributed by atoms with Crippen LogP contribution >= 0.6 is 0 Å². The largest absolute Gasteiger partial charge is 0.353 e. The number of carbonyl (C=O) groups is 1. The van der Waals surface area contributed by atoms with E-state index in [2.05, 4.69) is 46.9 Å². The van der Waals surface area contributed by atoms with Crippen molar-refractivity contribution in [1.82, 2.24) is 5.32 Å². The molecular weight excluding hydrogens is 248 g/mol. The highest BCUT2D eigenvalue weighted by atomic mass is 16.1. The minimum Gasteiger partial charge on any atom is -0.353 e. The fourth-order valence-corrected chi connectivity index (χ4v) is 3.14. The molecule has 0 saturated heterocycles. The van der Waals surface area contributed by atoms with Gasteiger partial charge in [-0.15, -0.1) is 0 Å². The Morgan fingerprint density at radius 3 is 2.40 bits per heavy atom. The van der Waals surface area contributed by atoms with E-state index in [-0.39, 0.29) is 17.4 Å². The summed E-state index contributed by atoms with van der Waals surface area (Å²) in [5.41, 5.74) is 6.10. The molecule has 3 nitrogen and oxygen atoms in total. The normalized spacial score (nSPS) is 29.3. The standard InChI is InChI=1S/C17H34N2O/c1-11(2)13-8-7-12(3)9-14(13)19-16(20)10-15(18)17(4,5)6/h11-15H,7-10,18H2,1-6H3,(H,19,20). The Labute approximate surface area is 125 Å². The molecule has 4 atom stereocenters. The van der Waals surface area contributed by atoms with Gasteiger partial charge in [0.25, 0.3) is 0 Å². The zero-order valence-corrected chi connectivity index (χ0v) is 14.2. The van der Waals surface area contributed by atoms with Gasteiger partial charge < -0.3 is 11.1 Å². The highest BCUT2D eigenvalue weighted by Gasteiger charge is 2.32. The predicted octanol–water partition coefficient (Wildman–Crippen LogP) is 3.33. The van der Waals surface area contributed by atoms with Crippen molar-refractivity contribution in [1.29, 1.82) is 0 Å². The third-order valence-corrected chi connectivity index (χ3v) is 4.89. The van der Waals surface area contributed by atoms with Crippen molar-refractivity contribution in [2.45, 2.75) is 79.3 Å². The minimum atomic E-state index is -0.0824. The molecule has 0 heterocycles. The first-order valence-electron chi connectivity index (χ1n) is 8.16. The van der Waals surface area contributed by atoms with Crippen LogP contribution in [0.1, 0.15) is 67.2 Å². The summed E-state index contributed by atoms with van der Waals surface area (Å²) in [6.07, 6.45) is 4.06. The number of amides is 1. The van der Waals surface area contributed by atoms with Gasteiger partial charge in [-0.1, -0.05) is 48.0 Å². The topological polar surface area (TPSA) is 55.1 Å². The number of nitrogens with two attached hydrogens (primary N) is 1. The third kappa shape index (κ3) is 5.08. The van der Waals surface area contributed by atoms with Gasteiger partial charge in [-0.2, -0.15) is 0 Å². The van der Waals surface area contributed by atoms with E-state index >= 15 is 0 Å². The van der Waals surface area contributed by atoms with Crippen molar-refractivity contribution in [3.63, 3.8) is 0 Å². The Morgan fingerprint density at radius 2 is 1.90 bits per heavy atom. The highest BCUT2D eigenvalue weighted by Crippen LogP contribution is 2.33. The zero-order valence-electron chi connectivity index (χ0n) is 14.2. The lowest BCUT2D eigenvalue weighted by atomic mass is 9.74. The molecule has 0 bridgehead atoms. The van der Waals surface area contributed by atoms with Crippen molar-refractivity contribution in [3.05, 3.63) is 0 Å². The van der Waals surface area contributed by atoms with Crippen LogP contribution in [0.15, 0.2) is 0 Å². The molecule has 0 aromatic rings. The molecule has 1 fully saturated rings. The summed E-state index contributed by atoms with van der Waals surface area (Å²) in [6, 6.07) is 0.249. The molecular formula is C17H34N2O. The summed E-state index contributed by atoms with van der Waals surface area (Å²) in [4.78, 5) is 12.3. The van der Waals surface area contributed by atoms with Gasteiger partial charge in [-0.25, -0.2) is 0 Å². The highest BCUT2D eigenvalue weighted by molar-refractivity contribution is 5.77. The molecule has 0 radical (unpaired) electrons. The second-order valence-electron chi connectivity index (χ2n) is 8.18.